The second-order valence-electron chi connectivity index (χ2n) is 4.38. The van der Waals surface area contributed by atoms with E-state index in [0.29, 0.717) is 26.2 Å². The van der Waals surface area contributed by atoms with Crippen molar-refractivity contribution in [2.75, 3.05) is 33.3 Å². The molecule has 0 radical (unpaired) electrons. The predicted molar refractivity (Wildman–Crippen MR) is 77.4 cm³/mol. The number of rotatable bonds is 3. The minimum absolute atomic E-state index is 0.105. The first-order chi connectivity index (χ1) is 10.1. The quantitative estimate of drug-likeness (QED) is 0.928. The molecule has 1 aromatic rings. The van der Waals surface area contributed by atoms with Crippen LogP contribution in [-0.4, -0.2) is 44.1 Å². The Kier molecular flexibility index (Phi) is 7.08. The normalized spacial score (nSPS) is 14.2. The van der Waals surface area contributed by atoms with Gasteiger partial charge in [-0.3, -0.25) is 4.79 Å². The molecule has 1 saturated heterocycles. The van der Waals surface area contributed by atoms with Crippen LogP contribution in [-0.2, 0) is 11.2 Å². The molecule has 0 aliphatic carbocycles. The summed E-state index contributed by atoms with van der Waals surface area (Å²) >= 11 is 0. The third kappa shape index (κ3) is 4.67. The molecule has 0 unspecified atom stereocenters. The zero-order valence-electron chi connectivity index (χ0n) is 12.7. The van der Waals surface area contributed by atoms with Gasteiger partial charge < -0.3 is 15.0 Å². The number of carbonyl (C=O) groups is 1. The molecule has 2 rings (SSSR count). The number of piperazine rings is 1. The summed E-state index contributed by atoms with van der Waals surface area (Å²) in [5.41, 5.74) is -0.204. The number of benzene rings is 1. The minimum atomic E-state index is -0.750. The van der Waals surface area contributed by atoms with Crippen molar-refractivity contribution in [2.45, 2.75) is 20.3 Å². The van der Waals surface area contributed by atoms with E-state index in [2.05, 4.69) is 5.32 Å². The smallest absolute Gasteiger partial charge is 0.227 e. The van der Waals surface area contributed by atoms with Gasteiger partial charge in [-0.1, -0.05) is 13.8 Å². The Hall–Kier alpha value is -1.69. The van der Waals surface area contributed by atoms with E-state index >= 15 is 0 Å². The molecule has 1 aliphatic heterocycles. The van der Waals surface area contributed by atoms with Gasteiger partial charge in [-0.05, 0) is 0 Å². The molecule has 1 fully saturated rings. The average Bonchev–Trinajstić information content (AvgIpc) is 2.53. The maximum atomic E-state index is 13.7. The topological polar surface area (TPSA) is 41.6 Å². The molecule has 0 saturated carbocycles. The maximum Gasteiger partial charge on any atom is 0.227 e. The number of nitrogens with one attached hydrogen (secondary N) is 1. The lowest BCUT2D eigenvalue weighted by atomic mass is 10.1. The highest BCUT2D eigenvalue weighted by atomic mass is 19.1. The zero-order valence-corrected chi connectivity index (χ0v) is 12.7. The molecule has 21 heavy (non-hydrogen) atoms. The lowest BCUT2D eigenvalue weighted by molar-refractivity contribution is -0.131. The summed E-state index contributed by atoms with van der Waals surface area (Å²) < 4.78 is 32.2. The van der Waals surface area contributed by atoms with Crippen molar-refractivity contribution < 1.29 is 18.3 Å². The second kappa shape index (κ2) is 8.56. The summed E-state index contributed by atoms with van der Waals surface area (Å²) in [6.07, 6.45) is -0.262. The van der Waals surface area contributed by atoms with E-state index in [4.69, 9.17) is 4.74 Å². The number of carbonyl (C=O) groups excluding carboxylic acids is 1. The van der Waals surface area contributed by atoms with Crippen LogP contribution in [0.25, 0.3) is 0 Å². The standard InChI is InChI=1S/C13H16F2N2O2.C2H6/c1-19-9-6-11(14)10(12(15)7-9)8-13(18)17-4-2-16-3-5-17;1-2/h6-7,16H,2-5,8H2,1H3;1-2H3. The van der Waals surface area contributed by atoms with Gasteiger partial charge in [0.15, 0.2) is 0 Å². The Morgan fingerprint density at radius 3 is 2.24 bits per heavy atom. The van der Waals surface area contributed by atoms with Crippen molar-refractivity contribution in [3.8, 4) is 5.75 Å². The van der Waals surface area contributed by atoms with Crippen LogP contribution in [0.4, 0.5) is 8.78 Å². The number of hydrogen-bond donors (Lipinski definition) is 1. The van der Waals surface area contributed by atoms with Crippen LogP contribution in [0.3, 0.4) is 0 Å². The SMILES string of the molecule is CC.COc1cc(F)c(CC(=O)N2CCNCC2)c(F)c1. The van der Waals surface area contributed by atoms with Gasteiger partial charge in [-0.2, -0.15) is 0 Å². The molecule has 1 amide bonds. The number of hydrogen-bond acceptors (Lipinski definition) is 3. The van der Waals surface area contributed by atoms with Crippen LogP contribution in [0.15, 0.2) is 12.1 Å². The highest BCUT2D eigenvalue weighted by Crippen LogP contribution is 2.21. The van der Waals surface area contributed by atoms with Crippen molar-refractivity contribution in [3.63, 3.8) is 0 Å². The van der Waals surface area contributed by atoms with Crippen molar-refractivity contribution in [2.24, 2.45) is 0 Å². The molecule has 0 spiro atoms. The van der Waals surface area contributed by atoms with E-state index in [1.807, 2.05) is 13.8 Å². The van der Waals surface area contributed by atoms with Gasteiger partial charge in [0.2, 0.25) is 5.91 Å². The monoisotopic (exact) mass is 300 g/mol. The summed E-state index contributed by atoms with van der Waals surface area (Å²) in [5, 5.41) is 3.11. The molecule has 1 aliphatic rings. The summed E-state index contributed by atoms with van der Waals surface area (Å²) in [6.45, 7) is 6.55. The lowest BCUT2D eigenvalue weighted by Crippen LogP contribution is -2.47. The fourth-order valence-corrected chi connectivity index (χ4v) is 2.04. The van der Waals surface area contributed by atoms with Crippen LogP contribution in [0.5, 0.6) is 5.75 Å². The predicted octanol–water partition coefficient (Wildman–Crippen LogP) is 1.97. The highest BCUT2D eigenvalue weighted by Gasteiger charge is 2.20. The third-order valence-corrected chi connectivity index (χ3v) is 3.15. The summed E-state index contributed by atoms with van der Waals surface area (Å²) in [7, 11) is 1.33. The van der Waals surface area contributed by atoms with Crippen LogP contribution >= 0.6 is 0 Å². The molecular weight excluding hydrogens is 278 g/mol. The van der Waals surface area contributed by atoms with Crippen molar-refractivity contribution >= 4 is 5.91 Å². The Balaban J connectivity index is 0.00000106. The molecule has 118 valence electrons. The number of nitrogens with zero attached hydrogens (tertiary/aromatic N) is 1. The molecule has 1 heterocycles. The number of amides is 1. The fraction of sp³-hybridized carbons (Fsp3) is 0.533. The number of methoxy groups -OCH3 is 1. The lowest BCUT2D eigenvalue weighted by Gasteiger charge is -2.27. The van der Waals surface area contributed by atoms with E-state index in [1.54, 1.807) is 4.90 Å². The van der Waals surface area contributed by atoms with Gasteiger partial charge in [0, 0.05) is 43.9 Å². The first-order valence-electron chi connectivity index (χ1n) is 7.12. The average molecular weight is 300 g/mol. The van der Waals surface area contributed by atoms with Gasteiger partial charge in [0.1, 0.15) is 17.4 Å². The van der Waals surface area contributed by atoms with Gasteiger partial charge in [0.05, 0.1) is 13.5 Å². The summed E-state index contributed by atoms with van der Waals surface area (Å²) in [5.74, 6) is -1.65. The first-order valence-corrected chi connectivity index (χ1v) is 7.12. The largest absolute Gasteiger partial charge is 0.497 e. The van der Waals surface area contributed by atoms with Gasteiger partial charge in [-0.15, -0.1) is 0 Å². The maximum absolute atomic E-state index is 13.7. The van der Waals surface area contributed by atoms with Crippen LogP contribution in [0.1, 0.15) is 19.4 Å². The van der Waals surface area contributed by atoms with Crippen molar-refractivity contribution in [1.29, 1.82) is 0 Å². The second-order valence-corrected chi connectivity index (χ2v) is 4.38. The fourth-order valence-electron chi connectivity index (χ4n) is 2.04. The Labute approximate surface area is 124 Å². The highest BCUT2D eigenvalue weighted by molar-refractivity contribution is 5.79. The Morgan fingerprint density at radius 1 is 1.24 bits per heavy atom. The van der Waals surface area contributed by atoms with E-state index in [-0.39, 0.29) is 23.6 Å². The van der Waals surface area contributed by atoms with Gasteiger partial charge >= 0.3 is 0 Å². The number of halogens is 2. The zero-order chi connectivity index (χ0) is 15.8. The van der Waals surface area contributed by atoms with Crippen molar-refractivity contribution in [3.05, 3.63) is 29.3 Å². The molecule has 0 atom stereocenters. The Morgan fingerprint density at radius 2 is 1.76 bits per heavy atom. The van der Waals surface area contributed by atoms with Gasteiger partial charge in [-0.25, -0.2) is 8.78 Å². The van der Waals surface area contributed by atoms with E-state index < -0.39 is 11.6 Å². The summed E-state index contributed by atoms with van der Waals surface area (Å²) in [6, 6.07) is 2.17. The van der Waals surface area contributed by atoms with Crippen molar-refractivity contribution in [1.82, 2.24) is 10.2 Å². The molecule has 1 aromatic carbocycles. The molecule has 0 bridgehead atoms. The van der Waals surface area contributed by atoms with E-state index in [9.17, 15) is 13.6 Å². The molecule has 6 heteroatoms. The summed E-state index contributed by atoms with van der Waals surface area (Å²) in [4.78, 5) is 13.6. The van der Waals surface area contributed by atoms with Crippen LogP contribution in [0, 0.1) is 11.6 Å². The Bertz CT molecular complexity index is 452. The van der Waals surface area contributed by atoms with E-state index in [1.165, 1.54) is 7.11 Å². The minimum Gasteiger partial charge on any atom is -0.497 e. The molecule has 0 aromatic heterocycles. The van der Waals surface area contributed by atoms with Crippen LogP contribution in [0.2, 0.25) is 0 Å². The molecular formula is C15H22F2N2O2. The van der Waals surface area contributed by atoms with E-state index in [0.717, 1.165) is 12.1 Å². The molecule has 1 N–H and O–H groups in total. The molecule has 4 nitrogen and oxygen atoms in total. The van der Waals surface area contributed by atoms with Crippen LogP contribution < -0.4 is 10.1 Å². The third-order valence-electron chi connectivity index (χ3n) is 3.15. The van der Waals surface area contributed by atoms with Gasteiger partial charge in [0.25, 0.3) is 0 Å². The number of ether oxygens (including phenoxy) is 1. The first kappa shape index (κ1) is 17.4.